The Morgan fingerprint density at radius 1 is 1.50 bits per heavy atom. The van der Waals surface area contributed by atoms with Crippen molar-refractivity contribution in [1.82, 2.24) is 10.3 Å². The summed E-state index contributed by atoms with van der Waals surface area (Å²) in [4.78, 5) is 4.28. The monoisotopic (exact) mass is 166 g/mol. The normalized spacial score (nSPS) is 12.6. The van der Waals surface area contributed by atoms with Crippen LogP contribution < -0.4 is 10.1 Å². The first-order chi connectivity index (χ1) is 5.77. The van der Waals surface area contributed by atoms with Gasteiger partial charge in [-0.2, -0.15) is 0 Å². The first-order valence-electron chi connectivity index (χ1n) is 3.96. The fourth-order valence-electron chi connectivity index (χ4n) is 0.934. The SMILES string of the molecule is CNC(C)c1cccc(OC)n1. The lowest BCUT2D eigenvalue weighted by Crippen LogP contribution is -2.13. The number of pyridine rings is 1. The van der Waals surface area contributed by atoms with E-state index in [2.05, 4.69) is 17.2 Å². The fourth-order valence-corrected chi connectivity index (χ4v) is 0.934. The molecule has 0 saturated heterocycles. The van der Waals surface area contributed by atoms with Gasteiger partial charge >= 0.3 is 0 Å². The van der Waals surface area contributed by atoms with Gasteiger partial charge in [-0.05, 0) is 20.0 Å². The Hall–Kier alpha value is -1.09. The standard InChI is InChI=1S/C9H14N2O/c1-7(10-2)8-5-4-6-9(11-8)12-3/h4-7,10H,1-3H3. The van der Waals surface area contributed by atoms with Crippen LogP contribution in [0.2, 0.25) is 0 Å². The van der Waals surface area contributed by atoms with Gasteiger partial charge in [0.25, 0.3) is 0 Å². The van der Waals surface area contributed by atoms with E-state index in [1.165, 1.54) is 0 Å². The summed E-state index contributed by atoms with van der Waals surface area (Å²) in [6, 6.07) is 6.02. The Balaban J connectivity index is 2.86. The number of ether oxygens (including phenoxy) is 1. The summed E-state index contributed by atoms with van der Waals surface area (Å²) < 4.78 is 5.01. The molecule has 1 aromatic rings. The first kappa shape index (κ1) is 9.00. The van der Waals surface area contributed by atoms with E-state index in [-0.39, 0.29) is 6.04 Å². The van der Waals surface area contributed by atoms with Crippen LogP contribution >= 0.6 is 0 Å². The van der Waals surface area contributed by atoms with Crippen LogP contribution in [0.3, 0.4) is 0 Å². The summed E-state index contributed by atoms with van der Waals surface area (Å²) in [5, 5.41) is 3.11. The molecule has 1 N–H and O–H groups in total. The van der Waals surface area contributed by atoms with Crippen molar-refractivity contribution in [2.24, 2.45) is 0 Å². The van der Waals surface area contributed by atoms with Crippen molar-refractivity contribution >= 4 is 0 Å². The number of rotatable bonds is 3. The van der Waals surface area contributed by atoms with Gasteiger partial charge in [-0.25, -0.2) is 4.98 Å². The molecule has 1 atom stereocenters. The average molecular weight is 166 g/mol. The predicted octanol–water partition coefficient (Wildman–Crippen LogP) is 1.37. The van der Waals surface area contributed by atoms with Crippen LogP contribution in [0.5, 0.6) is 5.88 Å². The molecule has 0 bridgehead atoms. The molecule has 0 aromatic carbocycles. The van der Waals surface area contributed by atoms with Crippen LogP contribution in [-0.4, -0.2) is 19.1 Å². The number of aromatic nitrogens is 1. The average Bonchev–Trinajstić information content (AvgIpc) is 2.17. The number of nitrogens with one attached hydrogen (secondary N) is 1. The Morgan fingerprint density at radius 2 is 2.25 bits per heavy atom. The van der Waals surface area contributed by atoms with Crippen molar-refractivity contribution in [1.29, 1.82) is 0 Å². The summed E-state index contributed by atoms with van der Waals surface area (Å²) in [6.45, 7) is 2.06. The molecule has 66 valence electrons. The zero-order valence-corrected chi connectivity index (χ0v) is 7.66. The van der Waals surface area contributed by atoms with Gasteiger partial charge in [-0.15, -0.1) is 0 Å². The van der Waals surface area contributed by atoms with Crippen molar-refractivity contribution in [3.05, 3.63) is 23.9 Å². The molecule has 3 heteroatoms. The maximum absolute atomic E-state index is 5.01. The van der Waals surface area contributed by atoms with Crippen molar-refractivity contribution in [3.63, 3.8) is 0 Å². The van der Waals surface area contributed by atoms with E-state index in [4.69, 9.17) is 4.74 Å². The van der Waals surface area contributed by atoms with Crippen LogP contribution in [0.25, 0.3) is 0 Å². The molecular formula is C9H14N2O. The van der Waals surface area contributed by atoms with Gasteiger partial charge in [0.05, 0.1) is 12.8 Å². The van der Waals surface area contributed by atoms with Crippen molar-refractivity contribution in [2.75, 3.05) is 14.2 Å². The second kappa shape index (κ2) is 4.07. The lowest BCUT2D eigenvalue weighted by molar-refractivity contribution is 0.394. The van der Waals surface area contributed by atoms with E-state index < -0.39 is 0 Å². The number of methoxy groups -OCH3 is 1. The Bertz CT molecular complexity index is 250. The minimum atomic E-state index is 0.264. The molecule has 0 saturated carbocycles. The Morgan fingerprint density at radius 3 is 2.83 bits per heavy atom. The quantitative estimate of drug-likeness (QED) is 0.736. The maximum atomic E-state index is 5.01. The highest BCUT2D eigenvalue weighted by atomic mass is 16.5. The summed E-state index contributed by atoms with van der Waals surface area (Å²) >= 11 is 0. The minimum absolute atomic E-state index is 0.264. The van der Waals surface area contributed by atoms with E-state index in [0.29, 0.717) is 5.88 Å². The van der Waals surface area contributed by atoms with Gasteiger partial charge in [-0.1, -0.05) is 6.07 Å². The van der Waals surface area contributed by atoms with Crippen molar-refractivity contribution < 1.29 is 4.74 Å². The van der Waals surface area contributed by atoms with Gasteiger partial charge in [0, 0.05) is 12.1 Å². The molecule has 0 fully saturated rings. The largest absolute Gasteiger partial charge is 0.481 e. The first-order valence-corrected chi connectivity index (χ1v) is 3.96. The lowest BCUT2D eigenvalue weighted by atomic mass is 10.2. The lowest BCUT2D eigenvalue weighted by Gasteiger charge is -2.09. The summed E-state index contributed by atoms with van der Waals surface area (Å²) in [5.41, 5.74) is 0.997. The molecule has 0 aliphatic heterocycles. The van der Waals surface area contributed by atoms with Crippen LogP contribution in [0.15, 0.2) is 18.2 Å². The minimum Gasteiger partial charge on any atom is -0.481 e. The van der Waals surface area contributed by atoms with E-state index in [9.17, 15) is 0 Å². The topological polar surface area (TPSA) is 34.1 Å². The van der Waals surface area contributed by atoms with E-state index in [0.717, 1.165) is 5.69 Å². The van der Waals surface area contributed by atoms with Gasteiger partial charge in [0.2, 0.25) is 5.88 Å². The molecule has 0 spiro atoms. The van der Waals surface area contributed by atoms with Crippen LogP contribution in [0.4, 0.5) is 0 Å². The van der Waals surface area contributed by atoms with Gasteiger partial charge in [0.1, 0.15) is 0 Å². The molecule has 1 rings (SSSR count). The summed E-state index contributed by atoms with van der Waals surface area (Å²) in [6.07, 6.45) is 0. The predicted molar refractivity (Wildman–Crippen MR) is 48.3 cm³/mol. The molecule has 3 nitrogen and oxygen atoms in total. The molecule has 12 heavy (non-hydrogen) atoms. The molecule has 0 amide bonds. The fraction of sp³-hybridized carbons (Fsp3) is 0.444. The molecule has 0 aliphatic carbocycles. The Labute approximate surface area is 72.8 Å². The summed E-state index contributed by atoms with van der Waals surface area (Å²) in [7, 11) is 3.53. The van der Waals surface area contributed by atoms with E-state index >= 15 is 0 Å². The van der Waals surface area contributed by atoms with E-state index in [1.54, 1.807) is 7.11 Å². The van der Waals surface area contributed by atoms with E-state index in [1.807, 2.05) is 25.2 Å². The highest BCUT2D eigenvalue weighted by molar-refractivity contribution is 5.17. The molecule has 1 heterocycles. The third-order valence-electron chi connectivity index (χ3n) is 1.83. The van der Waals surface area contributed by atoms with Crippen LogP contribution in [0, 0.1) is 0 Å². The molecule has 1 unspecified atom stereocenters. The van der Waals surface area contributed by atoms with Gasteiger partial charge in [0.15, 0.2) is 0 Å². The number of hydrogen-bond donors (Lipinski definition) is 1. The highest BCUT2D eigenvalue weighted by Crippen LogP contribution is 2.12. The third kappa shape index (κ3) is 1.95. The smallest absolute Gasteiger partial charge is 0.213 e. The second-order valence-corrected chi connectivity index (χ2v) is 2.62. The Kier molecular flexibility index (Phi) is 3.05. The molecule has 1 aromatic heterocycles. The van der Waals surface area contributed by atoms with Gasteiger partial charge in [-0.3, -0.25) is 0 Å². The van der Waals surface area contributed by atoms with Crippen LogP contribution in [-0.2, 0) is 0 Å². The van der Waals surface area contributed by atoms with Crippen LogP contribution in [0.1, 0.15) is 18.7 Å². The maximum Gasteiger partial charge on any atom is 0.213 e. The highest BCUT2D eigenvalue weighted by Gasteiger charge is 2.03. The van der Waals surface area contributed by atoms with Crippen molar-refractivity contribution in [2.45, 2.75) is 13.0 Å². The zero-order valence-electron chi connectivity index (χ0n) is 7.66. The molecule has 0 radical (unpaired) electrons. The summed E-state index contributed by atoms with van der Waals surface area (Å²) in [5.74, 6) is 0.662. The molecule has 0 aliphatic rings. The molecular weight excluding hydrogens is 152 g/mol. The number of nitrogens with zero attached hydrogens (tertiary/aromatic N) is 1. The zero-order chi connectivity index (χ0) is 8.97. The second-order valence-electron chi connectivity index (χ2n) is 2.62. The van der Waals surface area contributed by atoms with Crippen molar-refractivity contribution in [3.8, 4) is 5.88 Å². The third-order valence-corrected chi connectivity index (χ3v) is 1.83. The number of hydrogen-bond acceptors (Lipinski definition) is 3. The van der Waals surface area contributed by atoms with Gasteiger partial charge < -0.3 is 10.1 Å².